The third-order valence-electron chi connectivity index (χ3n) is 7.32. The van der Waals surface area contributed by atoms with Crippen LogP contribution in [0.25, 0.3) is 0 Å². The number of alkyl halides is 3. The van der Waals surface area contributed by atoms with Crippen molar-refractivity contribution in [3.8, 4) is 0 Å². The molecule has 0 bridgehead atoms. The highest BCUT2D eigenvalue weighted by Crippen LogP contribution is 2.38. The third kappa shape index (κ3) is 8.00. The summed E-state index contributed by atoms with van der Waals surface area (Å²) in [6.45, 7) is 17.0. The summed E-state index contributed by atoms with van der Waals surface area (Å²) in [7, 11) is -2.22. The number of rotatable bonds is 9. The lowest BCUT2D eigenvalue weighted by molar-refractivity contribution is -0.379. The molecule has 0 radical (unpaired) electrons. The Hall–Kier alpha value is -1.65. The molecular weight excluding hydrogens is 555 g/mol. The lowest BCUT2D eigenvalue weighted by Gasteiger charge is -2.51. The molecule has 2 fully saturated rings. The second-order valence-electron chi connectivity index (χ2n) is 11.9. The predicted octanol–water partition coefficient (Wildman–Crippen LogP) is 3.37. The van der Waals surface area contributed by atoms with Crippen molar-refractivity contribution >= 4 is 20.0 Å². The number of ether oxygens (including phenoxy) is 6. The first-order chi connectivity index (χ1) is 18.3. The summed E-state index contributed by atoms with van der Waals surface area (Å²) in [5.41, 5.74) is 0. The largest absolute Gasteiger partial charge is 0.471 e. The Bertz CT molecular complexity index is 966. The van der Waals surface area contributed by atoms with Crippen LogP contribution in [0.5, 0.6) is 0 Å². The van der Waals surface area contributed by atoms with E-state index in [0.29, 0.717) is 0 Å². The Kier molecular flexibility index (Phi) is 10.1. The number of amides is 1. The van der Waals surface area contributed by atoms with E-state index in [1.165, 1.54) is 18.2 Å². The van der Waals surface area contributed by atoms with Gasteiger partial charge in [-0.3, -0.25) is 9.59 Å². The van der Waals surface area contributed by atoms with Crippen molar-refractivity contribution in [3.05, 3.63) is 24.8 Å². The molecule has 3 aliphatic rings. The summed E-state index contributed by atoms with van der Waals surface area (Å²) in [6.07, 6.45) is -7.74. The van der Waals surface area contributed by atoms with Crippen LogP contribution in [0.3, 0.4) is 0 Å². The van der Waals surface area contributed by atoms with Crippen molar-refractivity contribution in [1.29, 1.82) is 0 Å². The first kappa shape index (κ1) is 32.9. The number of hydrogen-bond acceptors (Lipinski definition) is 9. The van der Waals surface area contributed by atoms with E-state index in [2.05, 4.69) is 27.4 Å². The monoisotopic (exact) mass is 595 g/mol. The van der Waals surface area contributed by atoms with Crippen LogP contribution < -0.4 is 5.32 Å². The molecule has 7 atom stereocenters. The van der Waals surface area contributed by atoms with Crippen LogP contribution >= 0.6 is 0 Å². The summed E-state index contributed by atoms with van der Waals surface area (Å²) >= 11 is 0. The molecule has 228 valence electrons. The third-order valence-corrected chi connectivity index (χ3v) is 11.8. The average molecular weight is 596 g/mol. The Labute approximate surface area is 233 Å². The first-order valence-electron chi connectivity index (χ1n) is 13.1. The fourth-order valence-electron chi connectivity index (χ4n) is 4.09. The average Bonchev–Trinajstić information content (AvgIpc) is 2.83. The highest BCUT2D eigenvalue weighted by atomic mass is 28.4. The SMILES string of the molecule is C=CCO[C@H]1O[C@@H]2COC(C)(C)O[C@H]2[C@H](O[C@H]2C=CC(=O)[C@H](CO[Si](C)(C)C(C)(C)C)O2)[C@H]1NC(=O)C(F)(F)F. The van der Waals surface area contributed by atoms with Crippen molar-refractivity contribution in [1.82, 2.24) is 5.32 Å². The Morgan fingerprint density at radius 3 is 2.52 bits per heavy atom. The molecule has 0 saturated carbocycles. The van der Waals surface area contributed by atoms with Gasteiger partial charge in [-0.25, -0.2) is 0 Å². The molecule has 3 heterocycles. The summed E-state index contributed by atoms with van der Waals surface area (Å²) < 4.78 is 81.2. The van der Waals surface area contributed by atoms with Gasteiger partial charge in [0, 0.05) is 0 Å². The molecule has 3 rings (SSSR count). The molecule has 0 aromatic carbocycles. The van der Waals surface area contributed by atoms with Crippen LogP contribution in [0, 0.1) is 0 Å². The summed E-state index contributed by atoms with van der Waals surface area (Å²) in [4.78, 5) is 24.6. The van der Waals surface area contributed by atoms with Crippen LogP contribution in [0.15, 0.2) is 24.8 Å². The fourth-order valence-corrected chi connectivity index (χ4v) is 5.09. The second-order valence-corrected chi connectivity index (χ2v) is 16.7. The lowest BCUT2D eigenvalue weighted by atomic mass is 9.94. The molecule has 3 aliphatic heterocycles. The van der Waals surface area contributed by atoms with Crippen molar-refractivity contribution in [3.63, 3.8) is 0 Å². The van der Waals surface area contributed by atoms with Crippen molar-refractivity contribution in [2.45, 2.75) is 108 Å². The minimum atomic E-state index is -5.18. The zero-order valence-electron chi connectivity index (χ0n) is 23.9. The van der Waals surface area contributed by atoms with Crippen molar-refractivity contribution < 1.29 is 55.6 Å². The van der Waals surface area contributed by atoms with Crippen LogP contribution in [0.4, 0.5) is 13.2 Å². The van der Waals surface area contributed by atoms with Crippen molar-refractivity contribution in [2.24, 2.45) is 0 Å². The molecule has 14 heteroatoms. The Morgan fingerprint density at radius 2 is 1.93 bits per heavy atom. The molecule has 0 unspecified atom stereocenters. The smallest absolute Gasteiger partial charge is 0.414 e. The summed E-state index contributed by atoms with van der Waals surface area (Å²) in [5.74, 6) is -3.67. The van der Waals surface area contributed by atoms with Gasteiger partial charge < -0.3 is 38.2 Å². The topological polar surface area (TPSA) is 111 Å². The number of halogens is 3. The highest BCUT2D eigenvalue weighted by molar-refractivity contribution is 6.74. The molecule has 0 spiro atoms. The first-order valence-corrected chi connectivity index (χ1v) is 16.0. The van der Waals surface area contributed by atoms with Gasteiger partial charge in [0.25, 0.3) is 0 Å². The van der Waals surface area contributed by atoms with Gasteiger partial charge in [0.1, 0.15) is 30.5 Å². The summed E-state index contributed by atoms with van der Waals surface area (Å²) in [5, 5.41) is 1.83. The Balaban J connectivity index is 1.87. The standard InChI is InChI=1S/C26H40F3NO9Si/c1-9-12-33-22-19(30-23(32)26(27,28)29)21(20-17(37-22)13-34-25(5,6)39-20)38-18-11-10-15(31)16(36-18)14-35-40(7,8)24(2,3)4/h9-11,16-22H,1,12-14H2,2-8H3,(H,30,32)/t16-,17+,18-,19+,20+,21+,22-/m0/s1. The van der Waals surface area contributed by atoms with Gasteiger partial charge in [-0.1, -0.05) is 26.8 Å². The van der Waals surface area contributed by atoms with Crippen LogP contribution in [-0.4, -0.2) is 94.8 Å². The van der Waals surface area contributed by atoms with Crippen molar-refractivity contribution in [2.75, 3.05) is 19.8 Å². The molecule has 40 heavy (non-hydrogen) atoms. The molecule has 1 N–H and O–H groups in total. The number of fused-ring (bicyclic) bond motifs is 1. The number of carbonyl (C=O) groups is 2. The lowest BCUT2D eigenvalue weighted by Crippen LogP contribution is -2.70. The van der Waals surface area contributed by atoms with E-state index in [1.54, 1.807) is 13.8 Å². The minimum Gasteiger partial charge on any atom is -0.414 e. The Morgan fingerprint density at radius 1 is 1.25 bits per heavy atom. The van der Waals surface area contributed by atoms with Gasteiger partial charge in [-0.2, -0.15) is 13.2 Å². The zero-order valence-corrected chi connectivity index (χ0v) is 24.9. The molecule has 10 nitrogen and oxygen atoms in total. The number of ketones is 1. The van der Waals surface area contributed by atoms with E-state index in [4.69, 9.17) is 32.8 Å². The number of carbonyl (C=O) groups excluding carboxylic acids is 2. The molecule has 0 aliphatic carbocycles. The van der Waals surface area contributed by atoms with Gasteiger partial charge in [-0.05, 0) is 44.1 Å². The molecule has 2 saturated heterocycles. The molecule has 1 amide bonds. The van der Waals surface area contributed by atoms with Gasteiger partial charge in [0.05, 0.1) is 19.8 Å². The van der Waals surface area contributed by atoms with Crippen LogP contribution in [-0.2, 0) is 42.4 Å². The fraction of sp³-hybridized carbons (Fsp3) is 0.769. The van der Waals surface area contributed by atoms with E-state index in [-0.39, 0.29) is 30.6 Å². The normalized spacial score (nSPS) is 32.9. The zero-order chi connectivity index (χ0) is 30.1. The van der Waals surface area contributed by atoms with E-state index in [9.17, 15) is 22.8 Å². The maximum Gasteiger partial charge on any atom is 0.471 e. The second kappa shape index (κ2) is 12.3. The maximum absolute atomic E-state index is 13.3. The van der Waals surface area contributed by atoms with Crippen LogP contribution in [0.1, 0.15) is 34.6 Å². The van der Waals surface area contributed by atoms with Crippen LogP contribution in [0.2, 0.25) is 18.1 Å². The quantitative estimate of drug-likeness (QED) is 0.317. The predicted molar refractivity (Wildman–Crippen MR) is 139 cm³/mol. The molecule has 0 aromatic heterocycles. The summed E-state index contributed by atoms with van der Waals surface area (Å²) in [6, 6.07) is -1.47. The van der Waals surface area contributed by atoms with Gasteiger partial charge in [0.15, 0.2) is 32.5 Å². The van der Waals surface area contributed by atoms with E-state index >= 15 is 0 Å². The van der Waals surface area contributed by atoms with E-state index in [1.807, 2.05) is 18.4 Å². The van der Waals surface area contributed by atoms with E-state index < -0.39 is 69.2 Å². The van der Waals surface area contributed by atoms with Gasteiger partial charge in [0.2, 0.25) is 0 Å². The maximum atomic E-state index is 13.3. The van der Waals surface area contributed by atoms with Gasteiger partial charge >= 0.3 is 12.1 Å². The minimum absolute atomic E-state index is 0.0178. The number of hydrogen-bond donors (Lipinski definition) is 1. The molecular formula is C26H40F3NO9Si. The van der Waals surface area contributed by atoms with Gasteiger partial charge in [-0.15, -0.1) is 6.58 Å². The molecule has 0 aromatic rings. The number of nitrogens with one attached hydrogen (secondary N) is 1. The highest BCUT2D eigenvalue weighted by Gasteiger charge is 2.55. The van der Waals surface area contributed by atoms with E-state index in [0.717, 1.165) is 0 Å².